The first-order valence-electron chi connectivity index (χ1n) is 9.74. The van der Waals surface area contributed by atoms with Crippen LogP contribution in [0, 0.1) is 0 Å². The molecule has 0 N–H and O–H groups in total. The molecule has 4 aromatic heterocycles. The van der Waals surface area contributed by atoms with E-state index in [1.54, 1.807) is 10.7 Å². The first kappa shape index (κ1) is 17.4. The van der Waals surface area contributed by atoms with E-state index in [9.17, 15) is 0 Å². The lowest BCUT2D eigenvalue weighted by molar-refractivity contribution is 0.602. The first-order valence-corrected chi connectivity index (χ1v) is 9.74. The van der Waals surface area contributed by atoms with E-state index in [1.807, 2.05) is 53.9 Å². The molecule has 0 radical (unpaired) electrons. The molecule has 0 fully saturated rings. The molecule has 144 valence electrons. The topological polar surface area (TPSA) is 65.8 Å². The molecule has 0 unspecified atom stereocenters. The number of aryl methyl sites for hydroxylation is 1. The van der Waals surface area contributed by atoms with Gasteiger partial charge in [-0.3, -0.25) is 4.68 Å². The average Bonchev–Trinajstić information content (AvgIpc) is 3.48. The quantitative estimate of drug-likeness (QED) is 0.446. The SMILES string of the molecule is CCCn1cc(Cn2cnc(-c3ccccc3)c2-c2cnn3cccnc23)cn1. The molecule has 1 aromatic carbocycles. The Morgan fingerprint density at radius 2 is 1.86 bits per heavy atom. The normalized spacial score (nSPS) is 11.3. The van der Waals surface area contributed by atoms with Crippen LogP contribution in [0.2, 0.25) is 0 Å². The van der Waals surface area contributed by atoms with Crippen LogP contribution in [0.4, 0.5) is 0 Å². The van der Waals surface area contributed by atoms with E-state index in [-0.39, 0.29) is 0 Å². The van der Waals surface area contributed by atoms with Crippen molar-refractivity contribution in [3.63, 3.8) is 0 Å². The highest BCUT2D eigenvalue weighted by atomic mass is 15.3. The van der Waals surface area contributed by atoms with Gasteiger partial charge in [-0.2, -0.15) is 10.2 Å². The van der Waals surface area contributed by atoms with Crippen LogP contribution in [0.15, 0.2) is 73.7 Å². The monoisotopic (exact) mass is 383 g/mol. The maximum atomic E-state index is 4.76. The zero-order valence-electron chi connectivity index (χ0n) is 16.2. The van der Waals surface area contributed by atoms with Gasteiger partial charge in [0.05, 0.1) is 42.2 Å². The van der Waals surface area contributed by atoms with Crippen LogP contribution in [0.1, 0.15) is 18.9 Å². The van der Waals surface area contributed by atoms with E-state index in [1.165, 1.54) is 0 Å². The molecule has 0 amide bonds. The molecule has 7 heteroatoms. The van der Waals surface area contributed by atoms with Gasteiger partial charge >= 0.3 is 0 Å². The summed E-state index contributed by atoms with van der Waals surface area (Å²) < 4.78 is 5.93. The number of rotatable bonds is 6. The summed E-state index contributed by atoms with van der Waals surface area (Å²) in [6.45, 7) is 3.76. The van der Waals surface area contributed by atoms with Crippen LogP contribution < -0.4 is 0 Å². The summed E-state index contributed by atoms with van der Waals surface area (Å²) in [6.07, 6.45) is 12.5. The lowest BCUT2D eigenvalue weighted by atomic mass is 10.1. The Labute approximate surface area is 168 Å². The zero-order chi connectivity index (χ0) is 19.6. The Morgan fingerprint density at radius 3 is 2.72 bits per heavy atom. The van der Waals surface area contributed by atoms with Crippen molar-refractivity contribution in [2.75, 3.05) is 0 Å². The third kappa shape index (κ3) is 3.20. The predicted molar refractivity (Wildman–Crippen MR) is 111 cm³/mol. The number of benzene rings is 1. The van der Waals surface area contributed by atoms with Crippen molar-refractivity contribution in [1.29, 1.82) is 0 Å². The minimum atomic E-state index is 0.684. The van der Waals surface area contributed by atoms with Crippen molar-refractivity contribution in [3.05, 3.63) is 79.3 Å². The van der Waals surface area contributed by atoms with Crippen LogP contribution in [-0.4, -0.2) is 33.9 Å². The van der Waals surface area contributed by atoms with Crippen LogP contribution in [-0.2, 0) is 13.1 Å². The maximum Gasteiger partial charge on any atom is 0.164 e. The molecule has 0 saturated carbocycles. The summed E-state index contributed by atoms with van der Waals surface area (Å²) >= 11 is 0. The Bertz CT molecular complexity index is 1250. The number of aromatic nitrogens is 7. The van der Waals surface area contributed by atoms with Gasteiger partial charge in [-0.05, 0) is 12.5 Å². The van der Waals surface area contributed by atoms with E-state index in [0.29, 0.717) is 6.54 Å². The van der Waals surface area contributed by atoms with Crippen molar-refractivity contribution < 1.29 is 0 Å². The molecule has 4 heterocycles. The zero-order valence-corrected chi connectivity index (χ0v) is 16.2. The third-order valence-electron chi connectivity index (χ3n) is 4.91. The highest BCUT2D eigenvalue weighted by Gasteiger charge is 2.19. The fraction of sp³-hybridized carbons (Fsp3) is 0.182. The molecule has 29 heavy (non-hydrogen) atoms. The van der Waals surface area contributed by atoms with E-state index in [0.717, 1.165) is 46.7 Å². The summed E-state index contributed by atoms with van der Waals surface area (Å²) in [7, 11) is 0. The number of nitrogens with zero attached hydrogens (tertiary/aromatic N) is 7. The van der Waals surface area contributed by atoms with Gasteiger partial charge in [0, 0.05) is 36.3 Å². The van der Waals surface area contributed by atoms with Gasteiger partial charge in [0.15, 0.2) is 5.65 Å². The van der Waals surface area contributed by atoms with Gasteiger partial charge < -0.3 is 4.57 Å². The molecule has 0 aliphatic carbocycles. The van der Waals surface area contributed by atoms with Crippen molar-refractivity contribution in [1.82, 2.24) is 33.9 Å². The summed E-state index contributed by atoms with van der Waals surface area (Å²) in [6, 6.07) is 12.1. The van der Waals surface area contributed by atoms with Crippen molar-refractivity contribution in [2.45, 2.75) is 26.4 Å². The minimum absolute atomic E-state index is 0.684. The molecule has 5 rings (SSSR count). The Morgan fingerprint density at radius 1 is 0.966 bits per heavy atom. The first-order chi connectivity index (χ1) is 14.3. The van der Waals surface area contributed by atoms with Crippen molar-refractivity contribution >= 4 is 5.65 Å². The number of imidazole rings is 1. The fourth-order valence-electron chi connectivity index (χ4n) is 3.62. The molecule has 0 saturated heterocycles. The van der Waals surface area contributed by atoms with E-state index < -0.39 is 0 Å². The van der Waals surface area contributed by atoms with Gasteiger partial charge in [0.1, 0.15) is 0 Å². The molecule has 0 aliphatic heterocycles. The van der Waals surface area contributed by atoms with Crippen LogP contribution in [0.5, 0.6) is 0 Å². The number of hydrogen-bond donors (Lipinski definition) is 0. The summed E-state index contributed by atoms with van der Waals surface area (Å²) in [5.41, 5.74) is 5.91. The van der Waals surface area contributed by atoms with E-state index >= 15 is 0 Å². The summed E-state index contributed by atoms with van der Waals surface area (Å²) in [5.74, 6) is 0. The second-order valence-electron chi connectivity index (χ2n) is 6.99. The second kappa shape index (κ2) is 7.35. The third-order valence-corrected chi connectivity index (χ3v) is 4.91. The summed E-state index contributed by atoms with van der Waals surface area (Å²) in [5, 5.41) is 8.95. The molecule has 7 nitrogen and oxygen atoms in total. The van der Waals surface area contributed by atoms with Crippen molar-refractivity contribution in [2.24, 2.45) is 0 Å². The largest absolute Gasteiger partial charge is 0.325 e. The molecule has 0 atom stereocenters. The standard InChI is InChI=1S/C22H21N7/c1-2-10-28-15-17(12-25-28)14-27-16-24-20(18-7-4-3-5-8-18)21(27)19-13-26-29-11-6-9-23-22(19)29/h3-9,11-13,15-16H,2,10,14H2,1H3. The molecule has 0 bridgehead atoms. The van der Waals surface area contributed by atoms with Gasteiger partial charge in [-0.1, -0.05) is 37.3 Å². The lowest BCUT2D eigenvalue weighted by Gasteiger charge is -2.08. The van der Waals surface area contributed by atoms with Crippen molar-refractivity contribution in [3.8, 4) is 22.5 Å². The van der Waals surface area contributed by atoms with E-state index in [4.69, 9.17) is 4.98 Å². The highest BCUT2D eigenvalue weighted by molar-refractivity contribution is 5.85. The lowest BCUT2D eigenvalue weighted by Crippen LogP contribution is -2.01. The van der Waals surface area contributed by atoms with Gasteiger partial charge in [0.25, 0.3) is 0 Å². The van der Waals surface area contributed by atoms with Gasteiger partial charge in [-0.15, -0.1) is 0 Å². The van der Waals surface area contributed by atoms with Crippen LogP contribution >= 0.6 is 0 Å². The van der Waals surface area contributed by atoms with Gasteiger partial charge in [0.2, 0.25) is 0 Å². The molecule has 0 spiro atoms. The number of fused-ring (bicyclic) bond motifs is 1. The Balaban J connectivity index is 1.64. The molecule has 5 aromatic rings. The van der Waals surface area contributed by atoms with Crippen LogP contribution in [0.3, 0.4) is 0 Å². The smallest absolute Gasteiger partial charge is 0.164 e. The predicted octanol–water partition coefficient (Wildman–Crippen LogP) is 3.91. The second-order valence-corrected chi connectivity index (χ2v) is 6.99. The Kier molecular flexibility index (Phi) is 4.40. The summed E-state index contributed by atoms with van der Waals surface area (Å²) in [4.78, 5) is 9.31. The highest BCUT2D eigenvalue weighted by Crippen LogP contribution is 2.33. The van der Waals surface area contributed by atoms with Crippen LogP contribution in [0.25, 0.3) is 28.2 Å². The van der Waals surface area contributed by atoms with Gasteiger partial charge in [-0.25, -0.2) is 14.5 Å². The van der Waals surface area contributed by atoms with E-state index in [2.05, 4.69) is 45.0 Å². The Hall–Kier alpha value is -3.74. The molecule has 0 aliphatic rings. The fourth-order valence-corrected chi connectivity index (χ4v) is 3.62. The molecular weight excluding hydrogens is 362 g/mol. The molecular formula is C22H21N7. The average molecular weight is 383 g/mol. The minimum Gasteiger partial charge on any atom is -0.325 e. The maximum absolute atomic E-state index is 4.76. The number of hydrogen-bond acceptors (Lipinski definition) is 4.